The molecule has 0 aliphatic carbocycles. The summed E-state index contributed by atoms with van der Waals surface area (Å²) in [6.45, 7) is 1.61. The number of carboxylic acid groups (broad SMARTS) is 4. The standard InChI is InChI=1S/C30H48N4O14/c1-2-17(23(37)16-35)5-3-4-14-32-24(38)13-10-22(30(47)48)34-25(39)11-6-18(27(41)42)15-19(36)7-9-21(29(45)46)33-26(40)12-8-20(31)28(43)44/h17-18,20-22,35H,2-16,31H2,1H3,(H,32,38)(H,33,40)(H,34,39)(H,41,42)(H,43,44)(H,45,46)(H,47,48)/t17-,18+,20-,21-,22-/m0/s1. The van der Waals surface area contributed by atoms with Crippen LogP contribution in [0.25, 0.3) is 0 Å². The van der Waals surface area contributed by atoms with Gasteiger partial charge in [0.05, 0.1) is 5.92 Å². The number of Topliss-reactive ketones (excluding diaryl/α,β-unsaturated/α-hetero) is 2. The van der Waals surface area contributed by atoms with Gasteiger partial charge in [-0.05, 0) is 44.9 Å². The van der Waals surface area contributed by atoms with Gasteiger partial charge >= 0.3 is 23.9 Å². The van der Waals surface area contributed by atoms with Crippen molar-refractivity contribution in [3.05, 3.63) is 0 Å². The molecule has 0 aliphatic rings. The zero-order valence-corrected chi connectivity index (χ0v) is 27.0. The molecule has 18 heteroatoms. The van der Waals surface area contributed by atoms with Crippen molar-refractivity contribution >= 4 is 53.2 Å². The Hall–Kier alpha value is -4.45. The number of aliphatic hydroxyl groups excluding tert-OH is 1. The van der Waals surface area contributed by atoms with Gasteiger partial charge < -0.3 is 47.2 Å². The largest absolute Gasteiger partial charge is 0.481 e. The number of nitrogens with one attached hydrogen (secondary N) is 3. The van der Waals surface area contributed by atoms with Gasteiger partial charge in [-0.1, -0.05) is 13.3 Å². The Kier molecular flexibility index (Phi) is 21.6. The van der Waals surface area contributed by atoms with E-state index in [4.69, 9.17) is 15.9 Å². The molecule has 5 atom stereocenters. The number of nitrogens with two attached hydrogens (primary N) is 1. The average molecular weight is 689 g/mol. The van der Waals surface area contributed by atoms with E-state index in [1.54, 1.807) is 0 Å². The number of rotatable bonds is 28. The summed E-state index contributed by atoms with van der Waals surface area (Å²) in [4.78, 5) is 106. The van der Waals surface area contributed by atoms with E-state index < -0.39 is 97.3 Å². The number of amides is 3. The van der Waals surface area contributed by atoms with Crippen LogP contribution >= 0.6 is 0 Å². The number of unbranched alkanes of at least 4 members (excludes halogenated alkanes) is 1. The molecule has 0 radical (unpaired) electrons. The van der Waals surface area contributed by atoms with Gasteiger partial charge in [-0.3, -0.25) is 33.6 Å². The first-order valence-electron chi connectivity index (χ1n) is 15.7. The van der Waals surface area contributed by atoms with Crippen LogP contribution in [0.3, 0.4) is 0 Å². The minimum Gasteiger partial charge on any atom is -0.481 e. The molecule has 0 aromatic heterocycles. The molecule has 0 saturated heterocycles. The summed E-state index contributed by atoms with van der Waals surface area (Å²) in [7, 11) is 0. The molecule has 0 spiro atoms. The van der Waals surface area contributed by atoms with Gasteiger partial charge in [0, 0.05) is 44.6 Å². The minimum atomic E-state index is -1.51. The summed E-state index contributed by atoms with van der Waals surface area (Å²) in [6.07, 6.45) is -0.889. The predicted octanol–water partition coefficient (Wildman–Crippen LogP) is -0.808. The SMILES string of the molecule is CC[C@@H](CCCCNC(=O)CC[C@H](NC(=O)CC[C@H](CC(=O)CC[C@H](NC(=O)CC[C@H](N)C(=O)O)C(=O)O)C(=O)O)C(=O)O)C(=O)CO. The third kappa shape index (κ3) is 19.3. The molecular formula is C30H48N4O14. The van der Waals surface area contributed by atoms with E-state index in [1.807, 2.05) is 6.92 Å². The van der Waals surface area contributed by atoms with Crippen molar-refractivity contribution < 1.29 is 68.7 Å². The summed E-state index contributed by atoms with van der Waals surface area (Å²) < 4.78 is 0. The van der Waals surface area contributed by atoms with Crippen molar-refractivity contribution in [3.8, 4) is 0 Å². The maximum atomic E-state index is 12.4. The van der Waals surface area contributed by atoms with Crippen molar-refractivity contribution in [2.24, 2.45) is 17.6 Å². The number of carbonyl (C=O) groups excluding carboxylic acids is 5. The van der Waals surface area contributed by atoms with E-state index in [0.717, 1.165) is 0 Å². The molecule has 0 aromatic carbocycles. The van der Waals surface area contributed by atoms with Gasteiger partial charge in [-0.15, -0.1) is 0 Å². The Labute approximate surface area is 277 Å². The first-order chi connectivity index (χ1) is 22.5. The summed E-state index contributed by atoms with van der Waals surface area (Å²) in [5, 5.41) is 53.0. The highest BCUT2D eigenvalue weighted by Crippen LogP contribution is 2.16. The van der Waals surface area contributed by atoms with E-state index in [1.165, 1.54) is 0 Å². The van der Waals surface area contributed by atoms with Crippen LogP contribution in [-0.2, 0) is 43.2 Å². The highest BCUT2D eigenvalue weighted by atomic mass is 16.4. The number of aliphatic hydroxyl groups is 1. The second-order valence-corrected chi connectivity index (χ2v) is 11.4. The van der Waals surface area contributed by atoms with E-state index in [9.17, 15) is 58.5 Å². The molecule has 272 valence electrons. The number of hydrogen-bond acceptors (Lipinski definition) is 11. The summed E-state index contributed by atoms with van der Waals surface area (Å²) in [5.74, 6) is -10.2. The molecule has 0 rings (SSSR count). The highest BCUT2D eigenvalue weighted by Gasteiger charge is 2.27. The Bertz CT molecular complexity index is 1140. The van der Waals surface area contributed by atoms with Crippen LogP contribution in [0.4, 0.5) is 0 Å². The molecule has 48 heavy (non-hydrogen) atoms. The number of carbonyl (C=O) groups is 9. The quantitative estimate of drug-likeness (QED) is 0.0454. The van der Waals surface area contributed by atoms with Crippen molar-refractivity contribution in [2.45, 2.75) is 109 Å². The van der Waals surface area contributed by atoms with Crippen LogP contribution in [0.15, 0.2) is 0 Å². The zero-order chi connectivity index (χ0) is 36.8. The van der Waals surface area contributed by atoms with Gasteiger partial charge in [0.15, 0.2) is 5.78 Å². The second-order valence-electron chi connectivity index (χ2n) is 11.4. The first-order valence-corrected chi connectivity index (χ1v) is 15.7. The van der Waals surface area contributed by atoms with E-state index >= 15 is 0 Å². The molecular weight excluding hydrogens is 640 g/mol. The van der Waals surface area contributed by atoms with E-state index in [2.05, 4.69) is 16.0 Å². The van der Waals surface area contributed by atoms with E-state index in [-0.39, 0.29) is 56.8 Å². The fourth-order valence-electron chi connectivity index (χ4n) is 4.59. The van der Waals surface area contributed by atoms with Gasteiger partial charge in [0.25, 0.3) is 0 Å². The second kappa shape index (κ2) is 23.8. The first kappa shape index (κ1) is 43.5. The summed E-state index contributed by atoms with van der Waals surface area (Å²) in [6, 6.07) is -4.27. The number of aliphatic carboxylic acids is 4. The molecule has 0 bridgehead atoms. The maximum absolute atomic E-state index is 12.4. The lowest BCUT2D eigenvalue weighted by atomic mass is 9.94. The van der Waals surface area contributed by atoms with E-state index in [0.29, 0.717) is 25.7 Å². The molecule has 3 amide bonds. The average Bonchev–Trinajstić information content (AvgIpc) is 3.02. The molecule has 0 aromatic rings. The normalized spacial score (nSPS) is 14.0. The van der Waals surface area contributed by atoms with Gasteiger partial charge in [0.1, 0.15) is 30.5 Å². The van der Waals surface area contributed by atoms with Gasteiger partial charge in [-0.2, -0.15) is 0 Å². The van der Waals surface area contributed by atoms with Crippen LogP contribution in [-0.4, -0.2) is 110 Å². The van der Waals surface area contributed by atoms with Crippen molar-refractivity contribution in [1.29, 1.82) is 0 Å². The highest BCUT2D eigenvalue weighted by molar-refractivity contribution is 5.88. The van der Waals surface area contributed by atoms with Crippen LogP contribution in [0, 0.1) is 11.8 Å². The van der Waals surface area contributed by atoms with Crippen molar-refractivity contribution in [2.75, 3.05) is 13.2 Å². The number of hydrogen-bond donors (Lipinski definition) is 9. The molecule has 10 N–H and O–H groups in total. The van der Waals surface area contributed by atoms with Crippen molar-refractivity contribution in [1.82, 2.24) is 16.0 Å². The maximum Gasteiger partial charge on any atom is 0.326 e. The molecule has 0 aliphatic heterocycles. The Morgan fingerprint density at radius 3 is 1.60 bits per heavy atom. The Morgan fingerprint density at radius 1 is 0.604 bits per heavy atom. The lowest BCUT2D eigenvalue weighted by molar-refractivity contribution is -0.145. The molecule has 0 fully saturated rings. The van der Waals surface area contributed by atoms with Crippen LogP contribution in [0.1, 0.15) is 90.4 Å². The van der Waals surface area contributed by atoms with Crippen molar-refractivity contribution in [3.63, 3.8) is 0 Å². The third-order valence-electron chi connectivity index (χ3n) is 7.59. The van der Waals surface area contributed by atoms with Crippen LogP contribution in [0.2, 0.25) is 0 Å². The Balaban J connectivity index is 4.71. The number of ketones is 2. The topological polar surface area (TPSA) is 317 Å². The van der Waals surface area contributed by atoms with Gasteiger partial charge in [-0.25, -0.2) is 9.59 Å². The van der Waals surface area contributed by atoms with Crippen LogP contribution in [0.5, 0.6) is 0 Å². The lowest BCUT2D eigenvalue weighted by Gasteiger charge is -2.17. The lowest BCUT2D eigenvalue weighted by Crippen LogP contribution is -2.42. The fourth-order valence-corrected chi connectivity index (χ4v) is 4.59. The third-order valence-corrected chi connectivity index (χ3v) is 7.59. The fraction of sp³-hybridized carbons (Fsp3) is 0.700. The smallest absolute Gasteiger partial charge is 0.326 e. The summed E-state index contributed by atoms with van der Waals surface area (Å²) >= 11 is 0. The minimum absolute atomic E-state index is 0.224. The zero-order valence-electron chi connectivity index (χ0n) is 27.0. The summed E-state index contributed by atoms with van der Waals surface area (Å²) in [5.41, 5.74) is 5.30. The Morgan fingerprint density at radius 2 is 1.12 bits per heavy atom. The molecule has 0 heterocycles. The molecule has 18 nitrogen and oxygen atoms in total. The monoisotopic (exact) mass is 688 g/mol. The predicted molar refractivity (Wildman–Crippen MR) is 165 cm³/mol. The number of carboxylic acids is 4. The van der Waals surface area contributed by atoms with Crippen LogP contribution < -0.4 is 21.7 Å². The van der Waals surface area contributed by atoms with Gasteiger partial charge in [0.2, 0.25) is 17.7 Å². The molecule has 0 unspecified atom stereocenters. The molecule has 0 saturated carbocycles.